The average molecular weight is 286 g/mol. The van der Waals surface area contributed by atoms with Crippen molar-refractivity contribution in [1.29, 1.82) is 0 Å². The van der Waals surface area contributed by atoms with Crippen molar-refractivity contribution in [2.75, 3.05) is 0 Å². The van der Waals surface area contributed by atoms with E-state index in [1.165, 1.54) is 11.8 Å². The van der Waals surface area contributed by atoms with Crippen molar-refractivity contribution in [3.8, 4) is 0 Å². The molecule has 7 heteroatoms. The molecule has 0 radical (unpaired) electrons. The van der Waals surface area contributed by atoms with Gasteiger partial charge in [0, 0.05) is 11.8 Å². The van der Waals surface area contributed by atoms with Crippen LogP contribution in [0.3, 0.4) is 0 Å². The van der Waals surface area contributed by atoms with Gasteiger partial charge in [-0.3, -0.25) is 0 Å². The van der Waals surface area contributed by atoms with Crippen LogP contribution in [0.15, 0.2) is 44.2 Å². The third-order valence-electron chi connectivity index (χ3n) is 1.93. The smallest absolute Gasteiger partial charge is 0.171 e. The summed E-state index contributed by atoms with van der Waals surface area (Å²) in [5.74, 6) is -0.0228. The SMILES string of the molecule is N/C(=N/O)c1ccnc(Sc2cccs2)c1Cl. The number of amidine groups is 1. The van der Waals surface area contributed by atoms with Gasteiger partial charge in [0.1, 0.15) is 5.03 Å². The molecule has 0 aliphatic rings. The molecule has 0 aromatic carbocycles. The number of halogens is 1. The van der Waals surface area contributed by atoms with Gasteiger partial charge >= 0.3 is 0 Å². The Kier molecular flexibility index (Phi) is 3.88. The van der Waals surface area contributed by atoms with Crippen molar-refractivity contribution in [2.45, 2.75) is 9.24 Å². The Morgan fingerprint density at radius 3 is 3.00 bits per heavy atom. The normalized spacial score (nSPS) is 11.7. The van der Waals surface area contributed by atoms with Crippen molar-refractivity contribution in [3.05, 3.63) is 40.4 Å². The second-order valence-corrected chi connectivity index (χ2v) is 5.61. The van der Waals surface area contributed by atoms with Gasteiger partial charge in [-0.25, -0.2) is 4.98 Å². The van der Waals surface area contributed by atoms with Gasteiger partial charge in [0.2, 0.25) is 0 Å². The Balaban J connectivity index is 2.36. The number of nitrogens with zero attached hydrogens (tertiary/aromatic N) is 2. The van der Waals surface area contributed by atoms with E-state index in [4.69, 9.17) is 22.5 Å². The van der Waals surface area contributed by atoms with Gasteiger partial charge in [-0.2, -0.15) is 0 Å². The summed E-state index contributed by atoms with van der Waals surface area (Å²) in [6.07, 6.45) is 1.58. The second kappa shape index (κ2) is 5.39. The molecule has 0 bridgehead atoms. The Morgan fingerprint density at radius 1 is 1.53 bits per heavy atom. The van der Waals surface area contributed by atoms with E-state index in [2.05, 4.69) is 10.1 Å². The maximum atomic E-state index is 8.64. The highest BCUT2D eigenvalue weighted by atomic mass is 35.5. The lowest BCUT2D eigenvalue weighted by Crippen LogP contribution is -2.14. The zero-order valence-corrected chi connectivity index (χ0v) is 10.9. The summed E-state index contributed by atoms with van der Waals surface area (Å²) in [6, 6.07) is 5.54. The summed E-state index contributed by atoms with van der Waals surface area (Å²) in [7, 11) is 0. The van der Waals surface area contributed by atoms with E-state index in [-0.39, 0.29) is 5.84 Å². The van der Waals surface area contributed by atoms with Crippen LogP contribution in [0.1, 0.15) is 5.56 Å². The number of nitrogens with two attached hydrogens (primary N) is 1. The van der Waals surface area contributed by atoms with Crippen LogP contribution in [0, 0.1) is 0 Å². The minimum Gasteiger partial charge on any atom is -0.409 e. The fraction of sp³-hybridized carbons (Fsp3) is 0. The molecule has 17 heavy (non-hydrogen) atoms. The summed E-state index contributed by atoms with van der Waals surface area (Å²) in [5.41, 5.74) is 5.99. The highest BCUT2D eigenvalue weighted by molar-refractivity contribution is 8.01. The minimum atomic E-state index is -0.0228. The zero-order chi connectivity index (χ0) is 12.3. The summed E-state index contributed by atoms with van der Waals surface area (Å²) in [5, 5.41) is 14.6. The molecule has 0 amide bonds. The van der Waals surface area contributed by atoms with Crippen molar-refractivity contribution in [3.63, 3.8) is 0 Å². The number of hydrogen-bond donors (Lipinski definition) is 2. The van der Waals surface area contributed by atoms with Crippen molar-refractivity contribution in [1.82, 2.24) is 4.98 Å². The van der Waals surface area contributed by atoms with Crippen LogP contribution < -0.4 is 5.73 Å². The first-order chi connectivity index (χ1) is 8.22. The van der Waals surface area contributed by atoms with Gasteiger partial charge in [-0.15, -0.1) is 11.3 Å². The van der Waals surface area contributed by atoms with E-state index < -0.39 is 0 Å². The molecule has 0 aliphatic heterocycles. The molecule has 2 aromatic heterocycles. The van der Waals surface area contributed by atoms with Crippen LogP contribution in [-0.4, -0.2) is 16.0 Å². The van der Waals surface area contributed by atoms with Gasteiger partial charge in [0.05, 0.1) is 9.23 Å². The first kappa shape index (κ1) is 12.2. The first-order valence-corrected chi connectivity index (χ1v) is 6.63. The molecule has 0 saturated heterocycles. The van der Waals surface area contributed by atoms with E-state index in [9.17, 15) is 0 Å². The molecule has 2 aromatic rings. The van der Waals surface area contributed by atoms with Crippen molar-refractivity contribution in [2.24, 2.45) is 10.9 Å². The number of hydrogen-bond acceptors (Lipinski definition) is 5. The minimum absolute atomic E-state index is 0.0228. The Morgan fingerprint density at radius 2 is 2.35 bits per heavy atom. The standard InChI is InChI=1S/C10H8ClN3OS2/c11-8-6(9(12)14-15)3-4-13-10(8)17-7-2-1-5-16-7/h1-5,15H,(H2,12,14). The van der Waals surface area contributed by atoms with Crippen LogP contribution in [0.2, 0.25) is 5.02 Å². The molecule has 0 atom stereocenters. The summed E-state index contributed by atoms with van der Waals surface area (Å²) >= 11 is 9.19. The van der Waals surface area contributed by atoms with E-state index in [1.54, 1.807) is 23.6 Å². The molecule has 88 valence electrons. The summed E-state index contributed by atoms with van der Waals surface area (Å²) < 4.78 is 1.08. The van der Waals surface area contributed by atoms with Crippen LogP contribution >= 0.6 is 34.7 Å². The number of thiophene rings is 1. The Bertz CT molecular complexity index is 542. The van der Waals surface area contributed by atoms with Crippen LogP contribution in [0.4, 0.5) is 0 Å². The molecule has 4 nitrogen and oxygen atoms in total. The largest absolute Gasteiger partial charge is 0.409 e. The number of rotatable bonds is 3. The second-order valence-electron chi connectivity index (χ2n) is 3.00. The molecular formula is C10H8ClN3OS2. The van der Waals surface area contributed by atoms with Gasteiger partial charge in [0.15, 0.2) is 5.84 Å². The van der Waals surface area contributed by atoms with E-state index >= 15 is 0 Å². The van der Waals surface area contributed by atoms with Crippen LogP contribution in [0.5, 0.6) is 0 Å². The van der Waals surface area contributed by atoms with Crippen molar-refractivity contribution < 1.29 is 5.21 Å². The summed E-state index contributed by atoms with van der Waals surface area (Å²) in [4.78, 5) is 4.18. The maximum absolute atomic E-state index is 8.64. The molecule has 2 heterocycles. The molecule has 0 saturated carbocycles. The molecule has 0 aliphatic carbocycles. The fourth-order valence-corrected chi connectivity index (χ4v) is 3.18. The predicted molar refractivity (Wildman–Crippen MR) is 70.2 cm³/mol. The zero-order valence-electron chi connectivity index (χ0n) is 8.50. The number of pyridine rings is 1. The Labute approximate surface area is 111 Å². The molecule has 0 unspecified atom stereocenters. The third kappa shape index (κ3) is 2.71. The highest BCUT2D eigenvalue weighted by Gasteiger charge is 2.12. The van der Waals surface area contributed by atoms with Crippen LogP contribution in [-0.2, 0) is 0 Å². The Hall–Kier alpha value is -1.24. The molecule has 2 rings (SSSR count). The van der Waals surface area contributed by atoms with E-state index in [0.717, 1.165) is 4.21 Å². The quantitative estimate of drug-likeness (QED) is 0.393. The first-order valence-electron chi connectivity index (χ1n) is 4.56. The lowest BCUT2D eigenvalue weighted by Gasteiger charge is -2.05. The molecule has 0 spiro atoms. The lowest BCUT2D eigenvalue weighted by atomic mass is 10.2. The van der Waals surface area contributed by atoms with Gasteiger partial charge in [0.25, 0.3) is 0 Å². The molecule has 0 fully saturated rings. The maximum Gasteiger partial charge on any atom is 0.171 e. The highest BCUT2D eigenvalue weighted by Crippen LogP contribution is 2.35. The van der Waals surface area contributed by atoms with Crippen LogP contribution in [0.25, 0.3) is 0 Å². The van der Waals surface area contributed by atoms with Crippen molar-refractivity contribution >= 4 is 40.5 Å². The average Bonchev–Trinajstić information content (AvgIpc) is 2.84. The topological polar surface area (TPSA) is 71.5 Å². The summed E-state index contributed by atoms with van der Waals surface area (Å²) in [6.45, 7) is 0. The lowest BCUT2D eigenvalue weighted by molar-refractivity contribution is 0.318. The predicted octanol–water partition coefficient (Wildman–Crippen LogP) is 3.04. The fourth-order valence-electron chi connectivity index (χ4n) is 1.16. The number of oxime groups is 1. The molecular weight excluding hydrogens is 278 g/mol. The van der Waals surface area contributed by atoms with E-state index in [0.29, 0.717) is 15.6 Å². The van der Waals surface area contributed by atoms with Gasteiger partial charge in [-0.1, -0.05) is 34.6 Å². The monoisotopic (exact) mass is 285 g/mol. The molecule has 3 N–H and O–H groups in total. The third-order valence-corrected chi connectivity index (χ3v) is 4.47. The van der Waals surface area contributed by atoms with Gasteiger partial charge < -0.3 is 10.9 Å². The van der Waals surface area contributed by atoms with Gasteiger partial charge in [-0.05, 0) is 17.5 Å². The number of aromatic nitrogens is 1. The van der Waals surface area contributed by atoms with E-state index in [1.807, 2.05) is 17.5 Å².